The molecular formula is C17H28N8O3Si. The lowest BCUT2D eigenvalue weighted by atomic mass is 10.4. The molecule has 11 nitrogen and oxygen atoms in total. The highest BCUT2D eigenvalue weighted by atomic mass is 28.4. The SMILES string of the molecule is CCO[Si](CCCn1cc(Cn2cnc3c(N)ncnc32)nn1)(OCC)OCC. The smallest absolute Gasteiger partial charge is 0.382 e. The van der Waals surface area contributed by atoms with Gasteiger partial charge in [0.2, 0.25) is 0 Å². The van der Waals surface area contributed by atoms with Gasteiger partial charge in [-0.3, -0.25) is 4.68 Å². The number of hydrogen-bond acceptors (Lipinski definition) is 9. The summed E-state index contributed by atoms with van der Waals surface area (Å²) in [6.45, 7) is 8.81. The van der Waals surface area contributed by atoms with Crippen molar-refractivity contribution in [1.82, 2.24) is 34.5 Å². The minimum Gasteiger partial charge on any atom is -0.382 e. The van der Waals surface area contributed by atoms with Gasteiger partial charge in [-0.2, -0.15) is 0 Å². The Kier molecular flexibility index (Phi) is 7.25. The van der Waals surface area contributed by atoms with Gasteiger partial charge in [-0.1, -0.05) is 5.21 Å². The summed E-state index contributed by atoms with van der Waals surface area (Å²) < 4.78 is 21.4. The Bertz CT molecular complexity index is 898. The monoisotopic (exact) mass is 420 g/mol. The molecule has 0 amide bonds. The van der Waals surface area contributed by atoms with E-state index in [1.165, 1.54) is 6.33 Å². The van der Waals surface area contributed by atoms with Gasteiger partial charge >= 0.3 is 8.80 Å². The van der Waals surface area contributed by atoms with Crippen molar-refractivity contribution in [3.05, 3.63) is 24.5 Å². The lowest BCUT2D eigenvalue weighted by Gasteiger charge is -2.28. The van der Waals surface area contributed by atoms with Crippen molar-refractivity contribution in [3.8, 4) is 0 Å². The molecule has 29 heavy (non-hydrogen) atoms. The van der Waals surface area contributed by atoms with Crippen LogP contribution >= 0.6 is 0 Å². The highest BCUT2D eigenvalue weighted by molar-refractivity contribution is 6.60. The van der Waals surface area contributed by atoms with Gasteiger partial charge in [0.1, 0.15) is 17.5 Å². The van der Waals surface area contributed by atoms with Gasteiger partial charge in [-0.15, -0.1) is 5.10 Å². The molecule has 0 radical (unpaired) electrons. The van der Waals surface area contributed by atoms with Crippen LogP contribution in [0.25, 0.3) is 11.2 Å². The van der Waals surface area contributed by atoms with Crippen molar-refractivity contribution in [2.24, 2.45) is 0 Å². The summed E-state index contributed by atoms with van der Waals surface area (Å²) in [5.74, 6) is 0.364. The second-order valence-electron chi connectivity index (χ2n) is 6.36. The summed E-state index contributed by atoms with van der Waals surface area (Å²) in [4.78, 5) is 12.5. The van der Waals surface area contributed by atoms with E-state index in [0.717, 1.165) is 18.2 Å². The first kappa shape index (κ1) is 21.3. The second kappa shape index (κ2) is 9.87. The molecule has 3 aromatic rings. The van der Waals surface area contributed by atoms with Gasteiger partial charge in [0, 0.05) is 32.4 Å². The average Bonchev–Trinajstić information content (AvgIpc) is 3.31. The van der Waals surface area contributed by atoms with Gasteiger partial charge in [-0.05, 0) is 27.2 Å². The van der Waals surface area contributed by atoms with E-state index < -0.39 is 8.80 Å². The summed E-state index contributed by atoms with van der Waals surface area (Å²) in [7, 11) is -2.63. The molecule has 0 fully saturated rings. The van der Waals surface area contributed by atoms with Gasteiger partial charge in [-0.25, -0.2) is 15.0 Å². The normalized spacial score (nSPS) is 12.1. The molecule has 0 aliphatic carbocycles. The first-order valence-electron chi connectivity index (χ1n) is 9.83. The highest BCUT2D eigenvalue weighted by Crippen LogP contribution is 2.19. The number of aromatic nitrogens is 7. The zero-order valence-electron chi connectivity index (χ0n) is 17.1. The highest BCUT2D eigenvalue weighted by Gasteiger charge is 2.39. The van der Waals surface area contributed by atoms with Crippen molar-refractivity contribution in [3.63, 3.8) is 0 Å². The molecule has 3 rings (SSSR count). The first-order chi connectivity index (χ1) is 14.1. The average molecular weight is 421 g/mol. The van der Waals surface area contributed by atoms with E-state index in [1.807, 2.05) is 36.2 Å². The number of hydrogen-bond donors (Lipinski definition) is 1. The molecule has 0 saturated heterocycles. The van der Waals surface area contributed by atoms with Crippen LogP contribution < -0.4 is 5.73 Å². The summed E-state index contributed by atoms with van der Waals surface area (Å²) in [6.07, 6.45) is 5.85. The number of nitrogen functional groups attached to an aromatic ring is 1. The maximum Gasteiger partial charge on any atom is 0.500 e. The molecule has 0 bridgehead atoms. The molecule has 3 aromatic heterocycles. The van der Waals surface area contributed by atoms with E-state index >= 15 is 0 Å². The molecule has 0 aromatic carbocycles. The molecule has 0 spiro atoms. The van der Waals surface area contributed by atoms with Gasteiger partial charge in [0.25, 0.3) is 0 Å². The number of rotatable bonds is 12. The van der Waals surface area contributed by atoms with Crippen LogP contribution in [0.3, 0.4) is 0 Å². The van der Waals surface area contributed by atoms with E-state index in [1.54, 1.807) is 6.33 Å². The Balaban J connectivity index is 1.60. The number of aryl methyl sites for hydroxylation is 1. The fourth-order valence-electron chi connectivity index (χ4n) is 3.17. The molecule has 12 heteroatoms. The third-order valence-corrected chi connectivity index (χ3v) is 7.46. The molecule has 0 aliphatic heterocycles. The molecule has 0 atom stereocenters. The Morgan fingerprint density at radius 1 is 1.03 bits per heavy atom. The molecule has 158 valence electrons. The number of nitrogens with two attached hydrogens (primary N) is 1. The summed E-state index contributed by atoms with van der Waals surface area (Å²) in [5, 5.41) is 8.47. The number of nitrogens with zero attached hydrogens (tertiary/aromatic N) is 7. The first-order valence-corrected chi connectivity index (χ1v) is 11.8. The van der Waals surface area contributed by atoms with Crippen molar-refractivity contribution in [2.75, 3.05) is 25.6 Å². The molecular weight excluding hydrogens is 392 g/mol. The van der Waals surface area contributed by atoms with Crippen LogP contribution in [-0.2, 0) is 26.4 Å². The van der Waals surface area contributed by atoms with Crippen LogP contribution in [0, 0.1) is 0 Å². The quantitative estimate of drug-likeness (QED) is 0.433. The molecule has 2 N–H and O–H groups in total. The summed E-state index contributed by atoms with van der Waals surface area (Å²) in [6, 6.07) is 0.736. The second-order valence-corrected chi connectivity index (χ2v) is 9.09. The van der Waals surface area contributed by atoms with Gasteiger partial charge < -0.3 is 23.6 Å². The molecule has 0 unspecified atom stereocenters. The molecule has 3 heterocycles. The fraction of sp³-hybridized carbons (Fsp3) is 0.588. The predicted molar refractivity (Wildman–Crippen MR) is 109 cm³/mol. The topological polar surface area (TPSA) is 128 Å². The third kappa shape index (κ3) is 5.15. The van der Waals surface area contributed by atoms with Gasteiger partial charge in [0.05, 0.1) is 19.1 Å². The number of anilines is 1. The zero-order valence-corrected chi connectivity index (χ0v) is 18.1. The van der Waals surface area contributed by atoms with E-state index in [0.29, 0.717) is 49.9 Å². The lowest BCUT2D eigenvalue weighted by Crippen LogP contribution is -2.46. The van der Waals surface area contributed by atoms with Crippen LogP contribution in [0.4, 0.5) is 5.82 Å². The standard InChI is InChI=1S/C17H28N8O3Si/c1-4-26-29(27-5-2,28-6-3)9-7-8-25-11-14(22-23-25)10-24-13-21-15-16(18)19-12-20-17(15)24/h11-13H,4-10H2,1-3H3,(H2,18,19,20). The van der Waals surface area contributed by atoms with Crippen LogP contribution in [0.15, 0.2) is 18.9 Å². The van der Waals surface area contributed by atoms with Crippen molar-refractivity contribution >= 4 is 25.8 Å². The maximum absolute atomic E-state index is 5.89. The van der Waals surface area contributed by atoms with E-state index in [9.17, 15) is 0 Å². The minimum atomic E-state index is -2.63. The van der Waals surface area contributed by atoms with Crippen LogP contribution in [0.2, 0.25) is 6.04 Å². The Morgan fingerprint density at radius 2 is 1.76 bits per heavy atom. The summed E-state index contributed by atoms with van der Waals surface area (Å²) >= 11 is 0. The predicted octanol–water partition coefficient (Wildman–Crippen LogP) is 1.49. The van der Waals surface area contributed by atoms with Crippen molar-refractivity contribution in [1.29, 1.82) is 0 Å². The Labute approximate surface area is 170 Å². The van der Waals surface area contributed by atoms with E-state index in [4.69, 9.17) is 19.0 Å². The van der Waals surface area contributed by atoms with Crippen LogP contribution in [-0.4, -0.2) is 63.1 Å². The lowest BCUT2D eigenvalue weighted by molar-refractivity contribution is 0.0704. The number of imidazole rings is 1. The molecule has 0 aliphatic rings. The Hall–Kier alpha value is -2.41. The third-order valence-electron chi connectivity index (χ3n) is 4.31. The molecule has 0 saturated carbocycles. The fourth-order valence-corrected chi connectivity index (χ4v) is 5.76. The van der Waals surface area contributed by atoms with Crippen molar-refractivity contribution in [2.45, 2.75) is 46.3 Å². The van der Waals surface area contributed by atoms with Crippen molar-refractivity contribution < 1.29 is 13.3 Å². The maximum atomic E-state index is 5.89. The van der Waals surface area contributed by atoms with Crippen LogP contribution in [0.5, 0.6) is 0 Å². The van der Waals surface area contributed by atoms with E-state index in [-0.39, 0.29) is 0 Å². The number of fused-ring (bicyclic) bond motifs is 1. The van der Waals surface area contributed by atoms with Gasteiger partial charge in [0.15, 0.2) is 11.5 Å². The minimum absolute atomic E-state index is 0.364. The largest absolute Gasteiger partial charge is 0.500 e. The summed E-state index contributed by atoms with van der Waals surface area (Å²) in [5.41, 5.74) is 7.91. The Morgan fingerprint density at radius 3 is 2.45 bits per heavy atom. The van der Waals surface area contributed by atoms with Crippen LogP contribution in [0.1, 0.15) is 32.9 Å². The van der Waals surface area contributed by atoms with E-state index in [2.05, 4.69) is 25.3 Å². The zero-order chi connectivity index (χ0) is 20.7.